The summed E-state index contributed by atoms with van der Waals surface area (Å²) < 4.78 is 36.8. The number of alkyl halides is 2. The minimum absolute atomic E-state index is 0.0417. The van der Waals surface area contributed by atoms with Gasteiger partial charge in [-0.2, -0.15) is 8.78 Å². The minimum Gasteiger partial charge on any atom is -0.462 e. The first kappa shape index (κ1) is 17.3. The van der Waals surface area contributed by atoms with E-state index in [0.717, 1.165) is 6.92 Å². The van der Waals surface area contributed by atoms with E-state index >= 15 is 0 Å². The average molecular weight is 307 g/mol. The number of esters is 1. The summed E-state index contributed by atoms with van der Waals surface area (Å²) in [5.41, 5.74) is 0. The molecule has 0 unspecified atom stereocenters. The molecule has 1 heterocycles. The molecule has 1 aliphatic rings. The molecule has 0 bridgehead atoms. The van der Waals surface area contributed by atoms with Crippen LogP contribution in [0.1, 0.15) is 27.7 Å². The highest BCUT2D eigenvalue weighted by Gasteiger charge is 2.54. The summed E-state index contributed by atoms with van der Waals surface area (Å²) in [4.78, 5) is 35.7. The number of nitrogens with zero attached hydrogens (tertiary/aromatic N) is 1. The van der Waals surface area contributed by atoms with E-state index in [0.29, 0.717) is 4.90 Å². The van der Waals surface area contributed by atoms with Crippen LogP contribution >= 0.6 is 0 Å². The monoisotopic (exact) mass is 307 g/mol. The summed E-state index contributed by atoms with van der Waals surface area (Å²) in [5, 5.41) is 0. The summed E-state index contributed by atoms with van der Waals surface area (Å²) in [6.45, 7) is 5.48. The Balaban J connectivity index is 2.95. The van der Waals surface area contributed by atoms with Crippen molar-refractivity contribution in [3.8, 4) is 0 Å². The van der Waals surface area contributed by atoms with Crippen LogP contribution in [0.25, 0.3) is 0 Å². The number of imide groups is 1. The van der Waals surface area contributed by atoms with Gasteiger partial charge in [0, 0.05) is 0 Å². The Bertz CT molecular complexity index is 438. The van der Waals surface area contributed by atoms with Crippen LogP contribution in [0.4, 0.5) is 13.6 Å². The highest BCUT2D eigenvalue weighted by Crippen LogP contribution is 2.31. The lowest BCUT2D eigenvalue weighted by atomic mass is 9.98. The van der Waals surface area contributed by atoms with Gasteiger partial charge < -0.3 is 9.47 Å². The summed E-state index contributed by atoms with van der Waals surface area (Å²) in [6.07, 6.45) is -0.967. The molecule has 0 radical (unpaired) electrons. The molecule has 6 nitrogen and oxygen atoms in total. The van der Waals surface area contributed by atoms with Crippen LogP contribution in [-0.2, 0) is 19.1 Å². The van der Waals surface area contributed by atoms with E-state index in [1.54, 1.807) is 13.8 Å². The van der Waals surface area contributed by atoms with Crippen LogP contribution in [0.2, 0.25) is 0 Å². The number of carbonyl (C=O) groups excluding carboxylic acids is 3. The number of hydrogen-bond donors (Lipinski definition) is 0. The van der Waals surface area contributed by atoms with Crippen LogP contribution in [-0.4, -0.2) is 48.0 Å². The maximum absolute atomic E-state index is 13.9. The van der Waals surface area contributed by atoms with Gasteiger partial charge in [-0.3, -0.25) is 4.79 Å². The zero-order valence-electron chi connectivity index (χ0n) is 12.4. The van der Waals surface area contributed by atoms with Crippen molar-refractivity contribution >= 4 is 18.0 Å². The average Bonchev–Trinajstić information content (AvgIpc) is 2.79. The van der Waals surface area contributed by atoms with Gasteiger partial charge in [0.05, 0.1) is 12.6 Å². The summed E-state index contributed by atoms with van der Waals surface area (Å²) in [5.74, 6) is -9.08. The molecule has 0 spiro atoms. The van der Waals surface area contributed by atoms with Crippen LogP contribution in [0.15, 0.2) is 0 Å². The minimum atomic E-state index is -4.00. The fourth-order valence-corrected chi connectivity index (χ4v) is 1.95. The number of cyclic esters (lactones) is 1. The second-order valence-corrected chi connectivity index (χ2v) is 5.16. The predicted octanol–water partition coefficient (Wildman–Crippen LogP) is 1.82. The molecule has 0 saturated carbocycles. The topological polar surface area (TPSA) is 72.9 Å². The maximum Gasteiger partial charge on any atom is 0.416 e. The Hall–Kier alpha value is -1.73. The van der Waals surface area contributed by atoms with Gasteiger partial charge in [-0.25, -0.2) is 14.5 Å². The van der Waals surface area contributed by atoms with Crippen LogP contribution in [0, 0.1) is 11.8 Å². The molecule has 1 aliphatic heterocycles. The van der Waals surface area contributed by atoms with Crippen LogP contribution in [0.5, 0.6) is 0 Å². The van der Waals surface area contributed by atoms with Crippen molar-refractivity contribution in [3.05, 3.63) is 0 Å². The van der Waals surface area contributed by atoms with E-state index in [2.05, 4.69) is 4.74 Å². The Morgan fingerprint density at radius 3 is 2.48 bits per heavy atom. The van der Waals surface area contributed by atoms with Gasteiger partial charge in [0.1, 0.15) is 12.5 Å². The third kappa shape index (κ3) is 3.30. The summed E-state index contributed by atoms with van der Waals surface area (Å²) in [6, 6.07) is -0.620. The number of halogens is 2. The van der Waals surface area contributed by atoms with E-state index in [-0.39, 0.29) is 19.1 Å². The van der Waals surface area contributed by atoms with Crippen molar-refractivity contribution in [1.82, 2.24) is 4.90 Å². The van der Waals surface area contributed by atoms with Crippen molar-refractivity contribution in [3.63, 3.8) is 0 Å². The predicted molar refractivity (Wildman–Crippen MR) is 67.6 cm³/mol. The molecular formula is C13H19F2NO5. The Kier molecular flexibility index (Phi) is 5.25. The molecular weight excluding hydrogens is 288 g/mol. The quantitative estimate of drug-likeness (QED) is 0.724. The van der Waals surface area contributed by atoms with Crippen molar-refractivity contribution < 1.29 is 32.6 Å². The third-order valence-electron chi connectivity index (χ3n) is 3.37. The van der Waals surface area contributed by atoms with Crippen molar-refractivity contribution in [2.24, 2.45) is 11.8 Å². The van der Waals surface area contributed by atoms with E-state index in [4.69, 9.17) is 4.74 Å². The second kappa shape index (κ2) is 6.36. The molecule has 1 rings (SSSR count). The van der Waals surface area contributed by atoms with E-state index in [9.17, 15) is 23.2 Å². The first-order valence-electron chi connectivity index (χ1n) is 6.69. The van der Waals surface area contributed by atoms with E-state index in [1.165, 1.54) is 6.92 Å². The fourth-order valence-electron chi connectivity index (χ4n) is 1.95. The largest absolute Gasteiger partial charge is 0.462 e. The van der Waals surface area contributed by atoms with Gasteiger partial charge in [0.2, 0.25) is 5.91 Å². The second-order valence-electron chi connectivity index (χ2n) is 5.16. The molecule has 2 amide bonds. The number of ether oxygens (including phenoxy) is 2. The zero-order valence-corrected chi connectivity index (χ0v) is 12.4. The van der Waals surface area contributed by atoms with Crippen molar-refractivity contribution in [1.29, 1.82) is 0 Å². The van der Waals surface area contributed by atoms with Crippen molar-refractivity contribution in [2.45, 2.75) is 39.7 Å². The highest BCUT2D eigenvalue weighted by molar-refractivity contribution is 5.97. The fraction of sp³-hybridized carbons (Fsp3) is 0.769. The molecule has 21 heavy (non-hydrogen) atoms. The summed E-state index contributed by atoms with van der Waals surface area (Å²) >= 11 is 0. The molecule has 0 aliphatic carbocycles. The molecule has 0 N–H and O–H groups in total. The van der Waals surface area contributed by atoms with Crippen LogP contribution in [0.3, 0.4) is 0 Å². The number of amides is 2. The number of carbonyl (C=O) groups is 3. The molecule has 0 aromatic heterocycles. The highest BCUT2D eigenvalue weighted by atomic mass is 19.3. The molecule has 1 fully saturated rings. The first-order valence-corrected chi connectivity index (χ1v) is 6.69. The normalized spacial score (nSPS) is 20.4. The molecule has 2 atom stereocenters. The van der Waals surface area contributed by atoms with Crippen LogP contribution < -0.4 is 0 Å². The Labute approximate surface area is 121 Å². The van der Waals surface area contributed by atoms with Gasteiger partial charge in [-0.1, -0.05) is 13.8 Å². The molecule has 0 aromatic rings. The van der Waals surface area contributed by atoms with Gasteiger partial charge in [-0.05, 0) is 19.8 Å². The van der Waals surface area contributed by atoms with E-state index < -0.39 is 35.9 Å². The standard InChI is InChI=1S/C13H19F2NO5/c1-5-20-11(18)13(14,15)8(4)10(17)16-9(7(2)3)6-21-12(16)19/h7-9H,5-6H2,1-4H3/t8-,9+/m0/s1. The maximum atomic E-state index is 13.9. The lowest BCUT2D eigenvalue weighted by molar-refractivity contribution is -0.183. The Morgan fingerprint density at radius 2 is 2.00 bits per heavy atom. The smallest absolute Gasteiger partial charge is 0.416 e. The molecule has 0 aromatic carbocycles. The molecule has 8 heteroatoms. The summed E-state index contributed by atoms with van der Waals surface area (Å²) in [7, 11) is 0. The van der Waals surface area contributed by atoms with E-state index in [1.807, 2.05) is 0 Å². The Morgan fingerprint density at radius 1 is 1.43 bits per heavy atom. The lowest BCUT2D eigenvalue weighted by Gasteiger charge is -2.28. The van der Waals surface area contributed by atoms with Gasteiger partial charge in [0.25, 0.3) is 0 Å². The van der Waals surface area contributed by atoms with Gasteiger partial charge in [-0.15, -0.1) is 0 Å². The lowest BCUT2D eigenvalue weighted by Crippen LogP contribution is -2.51. The number of rotatable bonds is 5. The third-order valence-corrected chi connectivity index (χ3v) is 3.37. The van der Waals surface area contributed by atoms with Gasteiger partial charge >= 0.3 is 18.0 Å². The van der Waals surface area contributed by atoms with Crippen molar-refractivity contribution in [2.75, 3.05) is 13.2 Å². The molecule has 1 saturated heterocycles. The molecule has 120 valence electrons. The first-order chi connectivity index (χ1) is 9.64. The number of hydrogen-bond acceptors (Lipinski definition) is 5. The SMILES string of the molecule is CCOC(=O)C(F)(F)[C@@H](C)C(=O)N1C(=O)OC[C@@H]1C(C)C. The zero-order chi connectivity index (χ0) is 16.4. The van der Waals surface area contributed by atoms with Gasteiger partial charge in [0.15, 0.2) is 0 Å².